The number of nitrogens with one attached hydrogen (secondary N) is 1. The smallest absolute Gasteiger partial charge is 0.316 e. The van der Waals surface area contributed by atoms with Gasteiger partial charge in [-0.25, -0.2) is 0 Å². The number of carbonyl (C=O) groups excluding carboxylic acids is 2. The van der Waals surface area contributed by atoms with Gasteiger partial charge in [-0.05, 0) is 56.2 Å². The number of ether oxygens (including phenoxy) is 1. The molecule has 0 spiro atoms. The number of thioether (sulfide) groups is 1. The lowest BCUT2D eigenvalue weighted by Crippen LogP contribution is -2.21. The maximum atomic E-state index is 12.0. The number of hydrogen-bond acceptors (Lipinski definition) is 7. The van der Waals surface area contributed by atoms with Crippen molar-refractivity contribution in [3.63, 3.8) is 0 Å². The molecular weight excluding hydrogens is 392 g/mol. The average Bonchev–Trinajstić information content (AvgIpc) is 3.32. The van der Waals surface area contributed by atoms with Crippen LogP contribution in [0.3, 0.4) is 0 Å². The molecule has 1 N–H and O–H groups in total. The number of furan rings is 1. The highest BCUT2D eigenvalue weighted by atomic mass is 32.2. The number of esters is 1. The van der Waals surface area contributed by atoms with E-state index in [0.717, 1.165) is 11.1 Å². The number of carbonyl (C=O) groups is 2. The van der Waals surface area contributed by atoms with Crippen molar-refractivity contribution in [3.8, 4) is 11.6 Å². The monoisotopic (exact) mass is 414 g/mol. The van der Waals surface area contributed by atoms with E-state index in [1.807, 2.05) is 43.5 Å². The Morgan fingerprint density at radius 3 is 2.62 bits per heavy atom. The third-order valence-corrected chi connectivity index (χ3v) is 4.90. The van der Waals surface area contributed by atoms with Crippen molar-refractivity contribution >= 4 is 29.3 Å². The molecule has 0 bridgehead atoms. The second-order valence-electron chi connectivity index (χ2n) is 6.40. The van der Waals surface area contributed by atoms with Crippen molar-refractivity contribution in [2.24, 2.45) is 0 Å². The van der Waals surface area contributed by atoms with E-state index in [-0.39, 0.29) is 18.3 Å². The average molecular weight is 414 g/mol. The predicted octanol–water partition coefficient (Wildman–Crippen LogP) is 3.45. The molecule has 152 valence electrons. The lowest BCUT2D eigenvalue weighted by atomic mass is 10.1. The molecule has 1 amide bonds. The van der Waals surface area contributed by atoms with Crippen molar-refractivity contribution in [2.45, 2.75) is 32.5 Å². The molecule has 9 heteroatoms. The Kier molecular flexibility index (Phi) is 6.71. The minimum atomic E-state index is -0.504. The van der Waals surface area contributed by atoms with E-state index < -0.39 is 5.97 Å². The summed E-state index contributed by atoms with van der Waals surface area (Å²) < 4.78 is 12.3. The van der Waals surface area contributed by atoms with Crippen LogP contribution in [0.25, 0.3) is 11.6 Å². The van der Waals surface area contributed by atoms with E-state index in [2.05, 4.69) is 15.5 Å². The Morgan fingerprint density at radius 1 is 1.21 bits per heavy atom. The number of amides is 1. The molecule has 1 aromatic carbocycles. The predicted molar refractivity (Wildman–Crippen MR) is 110 cm³/mol. The van der Waals surface area contributed by atoms with Gasteiger partial charge in [0.25, 0.3) is 5.91 Å². The topological polar surface area (TPSA) is 99.2 Å². The van der Waals surface area contributed by atoms with Crippen LogP contribution in [-0.4, -0.2) is 39.0 Å². The SMILES string of the molecule is CCn1c(SCC(=O)OCC(=O)Nc2cc(C)cc(C)c2)nnc1-c1ccco1. The molecule has 3 rings (SSSR count). The summed E-state index contributed by atoms with van der Waals surface area (Å²) in [5.41, 5.74) is 2.77. The highest BCUT2D eigenvalue weighted by Crippen LogP contribution is 2.24. The van der Waals surface area contributed by atoms with Gasteiger partial charge in [0.2, 0.25) is 0 Å². The highest BCUT2D eigenvalue weighted by molar-refractivity contribution is 7.99. The third-order valence-electron chi connectivity index (χ3n) is 3.96. The van der Waals surface area contributed by atoms with Gasteiger partial charge in [0.1, 0.15) is 0 Å². The van der Waals surface area contributed by atoms with E-state index in [1.54, 1.807) is 18.4 Å². The van der Waals surface area contributed by atoms with Gasteiger partial charge in [-0.15, -0.1) is 10.2 Å². The number of hydrogen-bond donors (Lipinski definition) is 1. The van der Waals surface area contributed by atoms with Gasteiger partial charge >= 0.3 is 5.97 Å². The first kappa shape index (κ1) is 20.7. The number of rotatable bonds is 8. The van der Waals surface area contributed by atoms with Crippen LogP contribution in [-0.2, 0) is 20.9 Å². The second-order valence-corrected chi connectivity index (χ2v) is 7.34. The largest absolute Gasteiger partial charge is 0.461 e. The summed E-state index contributed by atoms with van der Waals surface area (Å²) >= 11 is 1.20. The molecule has 2 aromatic heterocycles. The zero-order chi connectivity index (χ0) is 20.8. The maximum absolute atomic E-state index is 12.0. The van der Waals surface area contributed by atoms with Crippen LogP contribution in [0.2, 0.25) is 0 Å². The highest BCUT2D eigenvalue weighted by Gasteiger charge is 2.17. The van der Waals surface area contributed by atoms with Gasteiger partial charge in [0.15, 0.2) is 23.3 Å². The quantitative estimate of drug-likeness (QED) is 0.445. The summed E-state index contributed by atoms with van der Waals surface area (Å²) in [4.78, 5) is 24.0. The van der Waals surface area contributed by atoms with Crippen LogP contribution < -0.4 is 5.32 Å². The lowest BCUT2D eigenvalue weighted by molar-refractivity contribution is -0.144. The summed E-state index contributed by atoms with van der Waals surface area (Å²) in [7, 11) is 0. The zero-order valence-electron chi connectivity index (χ0n) is 16.5. The number of aromatic nitrogens is 3. The fourth-order valence-electron chi connectivity index (χ4n) is 2.82. The van der Waals surface area contributed by atoms with Crippen LogP contribution in [0, 0.1) is 13.8 Å². The molecule has 0 atom stereocenters. The molecule has 0 fully saturated rings. The van der Waals surface area contributed by atoms with Crippen LogP contribution in [0.4, 0.5) is 5.69 Å². The molecule has 0 unspecified atom stereocenters. The molecular formula is C20H22N4O4S. The Labute approximate surface area is 172 Å². The van der Waals surface area contributed by atoms with Crippen LogP contribution >= 0.6 is 11.8 Å². The minimum absolute atomic E-state index is 0.0210. The van der Waals surface area contributed by atoms with Gasteiger partial charge in [-0.2, -0.15) is 0 Å². The summed E-state index contributed by atoms with van der Waals surface area (Å²) in [6, 6.07) is 9.30. The zero-order valence-corrected chi connectivity index (χ0v) is 17.3. The fourth-order valence-corrected chi connectivity index (χ4v) is 3.62. The Morgan fingerprint density at radius 2 is 1.97 bits per heavy atom. The van der Waals surface area contributed by atoms with E-state index in [1.165, 1.54) is 11.8 Å². The first-order valence-electron chi connectivity index (χ1n) is 9.10. The summed E-state index contributed by atoms with van der Waals surface area (Å²) in [6.45, 7) is 6.14. The molecule has 0 saturated carbocycles. The van der Waals surface area contributed by atoms with Crippen molar-refractivity contribution in [3.05, 3.63) is 47.7 Å². The molecule has 0 aliphatic rings. The Hall–Kier alpha value is -3.07. The maximum Gasteiger partial charge on any atom is 0.316 e. The number of nitrogens with zero attached hydrogens (tertiary/aromatic N) is 3. The van der Waals surface area contributed by atoms with Crippen LogP contribution in [0.15, 0.2) is 46.2 Å². The van der Waals surface area contributed by atoms with Gasteiger partial charge < -0.3 is 14.5 Å². The minimum Gasteiger partial charge on any atom is -0.461 e. The Bertz CT molecular complexity index is 978. The molecule has 0 aliphatic heterocycles. The number of anilines is 1. The lowest BCUT2D eigenvalue weighted by Gasteiger charge is -2.08. The molecule has 2 heterocycles. The Balaban J connectivity index is 1.49. The normalized spacial score (nSPS) is 10.7. The standard InChI is InChI=1S/C20H22N4O4S/c1-4-24-19(16-6-5-7-27-16)22-23-20(24)29-12-18(26)28-11-17(25)21-15-9-13(2)8-14(3)10-15/h5-10H,4,11-12H2,1-3H3,(H,21,25). The van der Waals surface area contributed by atoms with Crippen molar-refractivity contribution in [2.75, 3.05) is 17.7 Å². The van der Waals surface area contributed by atoms with E-state index in [9.17, 15) is 9.59 Å². The molecule has 3 aromatic rings. The number of aryl methyl sites for hydroxylation is 2. The molecule has 8 nitrogen and oxygen atoms in total. The number of benzene rings is 1. The van der Waals surface area contributed by atoms with Crippen LogP contribution in [0.5, 0.6) is 0 Å². The van der Waals surface area contributed by atoms with Crippen molar-refractivity contribution < 1.29 is 18.7 Å². The fraction of sp³-hybridized carbons (Fsp3) is 0.300. The first-order valence-corrected chi connectivity index (χ1v) is 10.1. The van der Waals surface area contributed by atoms with Crippen molar-refractivity contribution in [1.29, 1.82) is 0 Å². The summed E-state index contributed by atoms with van der Waals surface area (Å²) in [5.74, 6) is 0.339. The van der Waals surface area contributed by atoms with E-state index >= 15 is 0 Å². The molecule has 0 radical (unpaired) electrons. The van der Waals surface area contributed by atoms with E-state index in [0.29, 0.717) is 29.0 Å². The van der Waals surface area contributed by atoms with Crippen LogP contribution in [0.1, 0.15) is 18.1 Å². The first-order chi connectivity index (χ1) is 14.0. The van der Waals surface area contributed by atoms with E-state index in [4.69, 9.17) is 9.15 Å². The van der Waals surface area contributed by atoms with Gasteiger partial charge in [-0.3, -0.25) is 14.2 Å². The van der Waals surface area contributed by atoms with Gasteiger partial charge in [0.05, 0.1) is 12.0 Å². The third kappa shape index (κ3) is 5.47. The molecule has 0 aliphatic carbocycles. The van der Waals surface area contributed by atoms with Gasteiger partial charge in [-0.1, -0.05) is 17.8 Å². The second kappa shape index (κ2) is 9.42. The summed E-state index contributed by atoms with van der Waals surface area (Å²) in [5, 5.41) is 11.5. The van der Waals surface area contributed by atoms with Gasteiger partial charge in [0, 0.05) is 12.2 Å². The molecule has 0 saturated heterocycles. The van der Waals surface area contributed by atoms with Crippen molar-refractivity contribution in [1.82, 2.24) is 14.8 Å². The summed E-state index contributed by atoms with van der Waals surface area (Å²) in [6.07, 6.45) is 1.57. The molecule has 29 heavy (non-hydrogen) atoms.